The number of rotatable bonds is 1. The first-order chi connectivity index (χ1) is 9.63. The lowest BCUT2D eigenvalue weighted by atomic mass is 9.93. The molecule has 3 rings (SSSR count). The van der Waals surface area contributed by atoms with Gasteiger partial charge in [0, 0.05) is 32.1 Å². The van der Waals surface area contributed by atoms with E-state index in [1.54, 1.807) is 6.07 Å². The van der Waals surface area contributed by atoms with Crippen molar-refractivity contribution in [3.8, 4) is 0 Å². The van der Waals surface area contributed by atoms with Crippen molar-refractivity contribution in [1.82, 2.24) is 9.80 Å². The molecule has 1 amide bonds. The minimum Gasteiger partial charge on any atom is -0.456 e. The summed E-state index contributed by atoms with van der Waals surface area (Å²) < 4.78 is 11.4. The van der Waals surface area contributed by atoms with Gasteiger partial charge in [0.2, 0.25) is 0 Å². The second-order valence-corrected chi connectivity index (χ2v) is 5.88. The van der Waals surface area contributed by atoms with Crippen LogP contribution in [0.2, 0.25) is 0 Å². The first-order valence-electron chi connectivity index (χ1n) is 7.29. The number of carbonyl (C=O) groups excluding carboxylic acids is 1. The fourth-order valence-electron chi connectivity index (χ4n) is 3.10. The van der Waals surface area contributed by atoms with Crippen LogP contribution in [0.1, 0.15) is 22.7 Å². The number of ether oxygens (including phenoxy) is 1. The average Bonchev–Trinajstić information content (AvgIpc) is 2.77. The summed E-state index contributed by atoms with van der Waals surface area (Å²) in [5.41, 5.74) is 0. The van der Waals surface area contributed by atoms with E-state index in [1.807, 2.05) is 17.9 Å². The molecule has 0 bridgehead atoms. The lowest BCUT2D eigenvalue weighted by Gasteiger charge is -2.37. The highest BCUT2D eigenvalue weighted by molar-refractivity contribution is 5.91. The van der Waals surface area contributed by atoms with Crippen molar-refractivity contribution < 1.29 is 13.9 Å². The summed E-state index contributed by atoms with van der Waals surface area (Å²) in [6.07, 6.45) is 1.16. The zero-order valence-corrected chi connectivity index (χ0v) is 12.2. The normalized spacial score (nSPS) is 28.0. The fraction of sp³-hybridized carbons (Fsp3) is 0.667. The molecule has 0 radical (unpaired) electrons. The van der Waals surface area contributed by atoms with Crippen molar-refractivity contribution in [2.45, 2.75) is 19.4 Å². The van der Waals surface area contributed by atoms with Crippen LogP contribution in [0.15, 0.2) is 16.5 Å². The van der Waals surface area contributed by atoms with Gasteiger partial charge in [-0.25, -0.2) is 0 Å². The molecular weight excluding hydrogens is 256 g/mol. The molecule has 3 heterocycles. The number of carbonyl (C=O) groups is 1. The number of hydrogen-bond donors (Lipinski definition) is 0. The molecular formula is C15H22N2O3. The molecule has 2 atom stereocenters. The molecule has 0 N–H and O–H groups in total. The Hall–Kier alpha value is -1.33. The van der Waals surface area contributed by atoms with Gasteiger partial charge in [-0.1, -0.05) is 0 Å². The Morgan fingerprint density at radius 2 is 2.15 bits per heavy atom. The third-order valence-corrected chi connectivity index (χ3v) is 4.29. The van der Waals surface area contributed by atoms with Crippen LogP contribution in [0.5, 0.6) is 0 Å². The molecule has 5 nitrogen and oxygen atoms in total. The standard InChI is InChI=1S/C15H22N2O3/c1-11-3-4-13(20-11)15(18)17-6-5-12-9-16(2)7-8-19-14(12)10-17/h3-4,12,14H,5-10H2,1-2H3. The minimum atomic E-state index is -0.0160. The highest BCUT2D eigenvalue weighted by atomic mass is 16.5. The molecule has 0 saturated carbocycles. The first kappa shape index (κ1) is 13.6. The molecule has 5 heteroatoms. The Labute approximate surface area is 119 Å². The van der Waals surface area contributed by atoms with Gasteiger partial charge < -0.3 is 19.0 Å². The summed E-state index contributed by atoms with van der Waals surface area (Å²) >= 11 is 0. The maximum atomic E-state index is 12.4. The quantitative estimate of drug-likeness (QED) is 0.778. The number of nitrogens with zero attached hydrogens (tertiary/aromatic N) is 2. The molecule has 2 unspecified atom stereocenters. The summed E-state index contributed by atoms with van der Waals surface area (Å²) in [5, 5.41) is 0. The van der Waals surface area contributed by atoms with E-state index in [-0.39, 0.29) is 12.0 Å². The predicted octanol–water partition coefficient (Wildman–Crippen LogP) is 1.38. The van der Waals surface area contributed by atoms with E-state index in [0.29, 0.717) is 18.2 Å². The number of piperidine rings is 1. The van der Waals surface area contributed by atoms with Gasteiger partial charge in [-0.05, 0) is 32.5 Å². The molecule has 2 fully saturated rings. The number of amides is 1. The molecule has 20 heavy (non-hydrogen) atoms. The van der Waals surface area contributed by atoms with Crippen molar-refractivity contribution >= 4 is 5.91 Å². The first-order valence-corrected chi connectivity index (χ1v) is 7.29. The summed E-state index contributed by atoms with van der Waals surface area (Å²) in [4.78, 5) is 16.6. The fourth-order valence-corrected chi connectivity index (χ4v) is 3.10. The Morgan fingerprint density at radius 1 is 1.30 bits per heavy atom. The largest absolute Gasteiger partial charge is 0.456 e. The number of likely N-dealkylation sites (N-methyl/N-ethyl adjacent to an activating group) is 1. The van der Waals surface area contributed by atoms with Crippen molar-refractivity contribution in [3.05, 3.63) is 23.7 Å². The summed E-state index contributed by atoms with van der Waals surface area (Å²) in [6, 6.07) is 3.59. The molecule has 0 aromatic carbocycles. The highest BCUT2D eigenvalue weighted by Crippen LogP contribution is 2.25. The Balaban J connectivity index is 1.67. The van der Waals surface area contributed by atoms with Crippen LogP contribution in [0, 0.1) is 12.8 Å². The van der Waals surface area contributed by atoms with Crippen LogP contribution in [0.3, 0.4) is 0 Å². The smallest absolute Gasteiger partial charge is 0.289 e. The monoisotopic (exact) mass is 278 g/mol. The van der Waals surface area contributed by atoms with Gasteiger partial charge in [0.1, 0.15) is 5.76 Å². The molecule has 0 aliphatic carbocycles. The van der Waals surface area contributed by atoms with Crippen LogP contribution < -0.4 is 0 Å². The Bertz CT molecular complexity index is 485. The molecule has 2 saturated heterocycles. The topological polar surface area (TPSA) is 45.9 Å². The van der Waals surface area contributed by atoms with Gasteiger partial charge >= 0.3 is 0 Å². The highest BCUT2D eigenvalue weighted by Gasteiger charge is 2.35. The molecule has 1 aromatic heterocycles. The van der Waals surface area contributed by atoms with E-state index < -0.39 is 0 Å². The third-order valence-electron chi connectivity index (χ3n) is 4.29. The number of likely N-dealkylation sites (tertiary alicyclic amines) is 1. The van der Waals surface area contributed by atoms with E-state index in [1.165, 1.54) is 0 Å². The SMILES string of the molecule is Cc1ccc(C(=O)N2CCC3CN(C)CCOC3C2)o1. The lowest BCUT2D eigenvalue weighted by molar-refractivity contribution is -0.0178. The molecule has 1 aromatic rings. The number of furan rings is 1. The Kier molecular flexibility index (Phi) is 3.81. The molecule has 110 valence electrons. The van der Waals surface area contributed by atoms with E-state index in [4.69, 9.17) is 9.15 Å². The van der Waals surface area contributed by atoms with Gasteiger partial charge in [0.25, 0.3) is 5.91 Å². The number of fused-ring (bicyclic) bond motifs is 1. The van der Waals surface area contributed by atoms with Crippen molar-refractivity contribution in [1.29, 1.82) is 0 Å². The van der Waals surface area contributed by atoms with Gasteiger partial charge in [-0.3, -0.25) is 4.79 Å². The van der Waals surface area contributed by atoms with E-state index in [0.717, 1.165) is 38.4 Å². The summed E-state index contributed by atoms with van der Waals surface area (Å²) in [6.45, 7) is 6.10. The van der Waals surface area contributed by atoms with Crippen molar-refractivity contribution in [2.75, 3.05) is 39.8 Å². The van der Waals surface area contributed by atoms with E-state index in [2.05, 4.69) is 11.9 Å². The summed E-state index contributed by atoms with van der Waals surface area (Å²) in [7, 11) is 2.13. The van der Waals surface area contributed by atoms with Crippen LogP contribution in [-0.4, -0.2) is 61.6 Å². The second kappa shape index (κ2) is 5.58. The molecule has 2 aliphatic rings. The van der Waals surface area contributed by atoms with Crippen LogP contribution in [-0.2, 0) is 4.74 Å². The summed E-state index contributed by atoms with van der Waals surface area (Å²) in [5.74, 6) is 1.73. The maximum Gasteiger partial charge on any atom is 0.289 e. The average molecular weight is 278 g/mol. The van der Waals surface area contributed by atoms with Gasteiger partial charge in [-0.15, -0.1) is 0 Å². The van der Waals surface area contributed by atoms with Gasteiger partial charge in [-0.2, -0.15) is 0 Å². The predicted molar refractivity (Wildman–Crippen MR) is 74.7 cm³/mol. The van der Waals surface area contributed by atoms with Crippen LogP contribution >= 0.6 is 0 Å². The molecule has 2 aliphatic heterocycles. The zero-order valence-electron chi connectivity index (χ0n) is 12.2. The number of aryl methyl sites for hydroxylation is 1. The van der Waals surface area contributed by atoms with Gasteiger partial charge in [0.15, 0.2) is 5.76 Å². The lowest BCUT2D eigenvalue weighted by Crippen LogP contribution is -2.48. The third kappa shape index (κ3) is 2.74. The van der Waals surface area contributed by atoms with E-state index >= 15 is 0 Å². The minimum absolute atomic E-state index is 0.0160. The van der Waals surface area contributed by atoms with Crippen molar-refractivity contribution in [3.63, 3.8) is 0 Å². The zero-order chi connectivity index (χ0) is 14.1. The van der Waals surface area contributed by atoms with Crippen molar-refractivity contribution in [2.24, 2.45) is 5.92 Å². The molecule has 0 spiro atoms. The van der Waals surface area contributed by atoms with Crippen LogP contribution in [0.4, 0.5) is 0 Å². The maximum absolute atomic E-state index is 12.4. The number of hydrogen-bond acceptors (Lipinski definition) is 4. The van der Waals surface area contributed by atoms with E-state index in [9.17, 15) is 4.79 Å². The van der Waals surface area contributed by atoms with Crippen LogP contribution in [0.25, 0.3) is 0 Å². The Morgan fingerprint density at radius 3 is 2.90 bits per heavy atom. The van der Waals surface area contributed by atoms with Gasteiger partial charge in [0.05, 0.1) is 12.7 Å². The second-order valence-electron chi connectivity index (χ2n) is 5.88.